The molecule has 1 atom stereocenters. The molecule has 4 rings (SSSR count). The van der Waals surface area contributed by atoms with Gasteiger partial charge in [0, 0.05) is 28.5 Å². The number of amides is 1. The highest BCUT2D eigenvalue weighted by molar-refractivity contribution is 14.1. The smallest absolute Gasteiger partial charge is 0.270 e. The lowest BCUT2D eigenvalue weighted by molar-refractivity contribution is 0.0664. The third kappa shape index (κ3) is 3.33. The minimum atomic E-state index is 0.0636. The Morgan fingerprint density at radius 2 is 2.16 bits per heavy atom. The van der Waals surface area contributed by atoms with Crippen LogP contribution in [0.1, 0.15) is 29.4 Å². The molecule has 1 saturated heterocycles. The van der Waals surface area contributed by atoms with Gasteiger partial charge in [-0.1, -0.05) is 6.07 Å². The third-order valence-corrected chi connectivity index (χ3v) is 5.22. The highest BCUT2D eigenvalue weighted by Gasteiger charge is 2.27. The molecule has 25 heavy (non-hydrogen) atoms. The first-order valence-corrected chi connectivity index (χ1v) is 9.37. The topological polar surface area (TPSA) is 56.0 Å². The van der Waals surface area contributed by atoms with Crippen molar-refractivity contribution in [2.45, 2.75) is 18.9 Å². The summed E-state index contributed by atoms with van der Waals surface area (Å²) < 4.78 is 4.97. The lowest BCUT2D eigenvalue weighted by atomic mass is 10.1. The number of carbonyl (C=O) groups excluding carboxylic acids is 1. The molecule has 2 aromatic heterocycles. The summed E-state index contributed by atoms with van der Waals surface area (Å²) in [5.41, 5.74) is 1.70. The van der Waals surface area contributed by atoms with Crippen LogP contribution in [0.25, 0.3) is 5.69 Å². The molecule has 0 spiro atoms. The molecular formula is C18H18IN5O. The van der Waals surface area contributed by atoms with Crippen LogP contribution in [0.2, 0.25) is 0 Å². The van der Waals surface area contributed by atoms with E-state index in [2.05, 4.69) is 38.7 Å². The molecule has 1 aliphatic heterocycles. The Morgan fingerprint density at radius 1 is 1.24 bits per heavy atom. The van der Waals surface area contributed by atoms with Crippen molar-refractivity contribution < 1.29 is 4.79 Å². The Bertz CT molecular complexity index is 873. The molecule has 1 fully saturated rings. The SMILES string of the molecule is O=C(c1cccn1-c1cccc(I)c1)N1CCCC(n2cncn2)C1. The normalized spacial score (nSPS) is 17.6. The molecule has 7 heteroatoms. The third-order valence-electron chi connectivity index (χ3n) is 4.55. The van der Waals surface area contributed by atoms with Gasteiger partial charge in [0.25, 0.3) is 5.91 Å². The van der Waals surface area contributed by atoms with Crippen LogP contribution in [0.3, 0.4) is 0 Å². The Kier molecular flexibility index (Phi) is 4.56. The van der Waals surface area contributed by atoms with E-state index in [4.69, 9.17) is 0 Å². The number of hydrogen-bond acceptors (Lipinski definition) is 3. The van der Waals surface area contributed by atoms with E-state index < -0.39 is 0 Å². The fourth-order valence-electron chi connectivity index (χ4n) is 3.33. The highest BCUT2D eigenvalue weighted by atomic mass is 127. The fourth-order valence-corrected chi connectivity index (χ4v) is 3.86. The average molecular weight is 447 g/mol. The van der Waals surface area contributed by atoms with Gasteiger partial charge in [0.05, 0.1) is 6.04 Å². The van der Waals surface area contributed by atoms with Crippen LogP contribution in [0.4, 0.5) is 0 Å². The van der Waals surface area contributed by atoms with E-state index in [1.54, 1.807) is 12.7 Å². The van der Waals surface area contributed by atoms with E-state index in [9.17, 15) is 4.79 Å². The number of benzene rings is 1. The van der Waals surface area contributed by atoms with Crippen molar-refractivity contribution in [3.8, 4) is 5.69 Å². The largest absolute Gasteiger partial charge is 0.335 e. The molecule has 128 valence electrons. The number of aromatic nitrogens is 4. The van der Waals surface area contributed by atoms with Crippen molar-refractivity contribution in [3.63, 3.8) is 0 Å². The van der Waals surface area contributed by atoms with Crippen LogP contribution in [0.15, 0.2) is 55.2 Å². The van der Waals surface area contributed by atoms with Gasteiger partial charge in [-0.05, 0) is 65.8 Å². The average Bonchev–Trinajstić information content (AvgIpc) is 3.33. The Morgan fingerprint density at radius 3 is 2.96 bits per heavy atom. The van der Waals surface area contributed by atoms with Crippen LogP contribution < -0.4 is 0 Å². The Labute approximate surface area is 159 Å². The molecule has 0 aliphatic carbocycles. The van der Waals surface area contributed by atoms with Crippen molar-refractivity contribution in [3.05, 3.63) is 64.5 Å². The number of likely N-dealkylation sites (tertiary alicyclic amines) is 1. The molecule has 0 bridgehead atoms. The van der Waals surface area contributed by atoms with E-state index in [1.807, 2.05) is 50.7 Å². The number of nitrogens with zero attached hydrogens (tertiary/aromatic N) is 5. The maximum atomic E-state index is 13.1. The molecular weight excluding hydrogens is 429 g/mol. The van der Waals surface area contributed by atoms with Crippen LogP contribution in [0, 0.1) is 3.57 Å². The van der Waals surface area contributed by atoms with Crippen LogP contribution in [-0.4, -0.2) is 43.2 Å². The Hall–Kier alpha value is -2.16. The predicted octanol–water partition coefficient (Wildman–Crippen LogP) is 3.15. The molecule has 3 aromatic rings. The van der Waals surface area contributed by atoms with E-state index in [-0.39, 0.29) is 11.9 Å². The number of halogens is 1. The van der Waals surface area contributed by atoms with Crippen molar-refractivity contribution in [2.24, 2.45) is 0 Å². The van der Waals surface area contributed by atoms with Gasteiger partial charge in [0.2, 0.25) is 0 Å². The minimum absolute atomic E-state index is 0.0636. The summed E-state index contributed by atoms with van der Waals surface area (Å²) in [5, 5.41) is 4.23. The molecule has 0 N–H and O–H groups in total. The van der Waals surface area contributed by atoms with Crippen LogP contribution in [-0.2, 0) is 0 Å². The summed E-state index contributed by atoms with van der Waals surface area (Å²) >= 11 is 2.29. The summed E-state index contributed by atoms with van der Waals surface area (Å²) in [5.74, 6) is 0.0636. The van der Waals surface area contributed by atoms with Crippen molar-refractivity contribution >= 4 is 28.5 Å². The van der Waals surface area contributed by atoms with E-state index in [0.717, 1.165) is 28.6 Å². The molecule has 1 aromatic carbocycles. The van der Waals surface area contributed by atoms with Crippen molar-refractivity contribution in [2.75, 3.05) is 13.1 Å². The fraction of sp³-hybridized carbons (Fsp3) is 0.278. The summed E-state index contributed by atoms with van der Waals surface area (Å²) in [6.07, 6.45) is 7.21. The summed E-state index contributed by atoms with van der Waals surface area (Å²) in [7, 11) is 0. The highest BCUT2D eigenvalue weighted by Crippen LogP contribution is 2.23. The molecule has 0 radical (unpaired) electrons. The maximum absolute atomic E-state index is 13.1. The first kappa shape index (κ1) is 16.3. The van der Waals surface area contributed by atoms with Crippen molar-refractivity contribution in [1.82, 2.24) is 24.2 Å². The molecule has 1 amide bonds. The van der Waals surface area contributed by atoms with Gasteiger partial charge in [-0.25, -0.2) is 9.67 Å². The maximum Gasteiger partial charge on any atom is 0.270 e. The lowest BCUT2D eigenvalue weighted by Crippen LogP contribution is -2.41. The van der Waals surface area contributed by atoms with Gasteiger partial charge in [-0.2, -0.15) is 5.10 Å². The Balaban J connectivity index is 1.58. The zero-order valence-corrected chi connectivity index (χ0v) is 15.8. The number of carbonyl (C=O) groups is 1. The van der Waals surface area contributed by atoms with E-state index in [1.165, 1.54) is 0 Å². The number of rotatable bonds is 3. The second kappa shape index (κ2) is 6.99. The molecule has 0 saturated carbocycles. The first-order valence-electron chi connectivity index (χ1n) is 8.29. The van der Waals surface area contributed by atoms with Crippen LogP contribution in [0.5, 0.6) is 0 Å². The second-order valence-corrected chi connectivity index (χ2v) is 7.41. The summed E-state index contributed by atoms with van der Waals surface area (Å²) in [6.45, 7) is 1.45. The second-order valence-electron chi connectivity index (χ2n) is 6.17. The minimum Gasteiger partial charge on any atom is -0.335 e. The molecule has 3 heterocycles. The van der Waals surface area contributed by atoms with Gasteiger partial charge in [0.1, 0.15) is 18.3 Å². The van der Waals surface area contributed by atoms with Gasteiger partial charge in [-0.15, -0.1) is 0 Å². The lowest BCUT2D eigenvalue weighted by Gasteiger charge is -2.32. The van der Waals surface area contributed by atoms with E-state index >= 15 is 0 Å². The standard InChI is InChI=1S/C18H18IN5O/c19-14-4-1-5-15(10-14)23-9-3-7-17(23)18(25)22-8-2-6-16(11-22)24-13-20-12-21-24/h1,3-5,7,9-10,12-13,16H,2,6,8,11H2. The summed E-state index contributed by atoms with van der Waals surface area (Å²) in [6, 6.07) is 12.2. The zero-order chi connectivity index (χ0) is 17.2. The van der Waals surface area contributed by atoms with E-state index in [0.29, 0.717) is 12.2 Å². The van der Waals surface area contributed by atoms with Gasteiger partial charge in [0.15, 0.2) is 0 Å². The van der Waals surface area contributed by atoms with Gasteiger partial charge in [-0.3, -0.25) is 4.79 Å². The molecule has 6 nitrogen and oxygen atoms in total. The predicted molar refractivity (Wildman–Crippen MR) is 103 cm³/mol. The van der Waals surface area contributed by atoms with Gasteiger partial charge >= 0.3 is 0 Å². The summed E-state index contributed by atoms with van der Waals surface area (Å²) in [4.78, 5) is 19.1. The van der Waals surface area contributed by atoms with Gasteiger partial charge < -0.3 is 9.47 Å². The van der Waals surface area contributed by atoms with Crippen LogP contribution >= 0.6 is 22.6 Å². The molecule has 1 unspecified atom stereocenters. The first-order chi connectivity index (χ1) is 12.2. The monoisotopic (exact) mass is 447 g/mol. The zero-order valence-electron chi connectivity index (χ0n) is 13.6. The number of hydrogen-bond donors (Lipinski definition) is 0. The number of piperidine rings is 1. The molecule has 1 aliphatic rings. The van der Waals surface area contributed by atoms with Crippen molar-refractivity contribution in [1.29, 1.82) is 0 Å². The quantitative estimate of drug-likeness (QED) is 0.580.